The summed E-state index contributed by atoms with van der Waals surface area (Å²) in [6.45, 7) is 0.480. The van der Waals surface area contributed by atoms with E-state index in [0.717, 1.165) is 5.56 Å². The zero-order valence-electron chi connectivity index (χ0n) is 15.1. The first-order chi connectivity index (χ1) is 13.6. The molecule has 0 radical (unpaired) electrons. The fourth-order valence-corrected chi connectivity index (χ4v) is 3.12. The van der Waals surface area contributed by atoms with Crippen LogP contribution >= 0.6 is 0 Å². The highest BCUT2D eigenvalue weighted by Gasteiger charge is 2.26. The Morgan fingerprint density at radius 1 is 1.29 bits per heavy atom. The Hall–Kier alpha value is -3.55. The maximum atomic E-state index is 10.9. The predicted molar refractivity (Wildman–Crippen MR) is 97.5 cm³/mol. The highest BCUT2D eigenvalue weighted by atomic mass is 16.5. The molecule has 1 aliphatic heterocycles. The molecule has 0 saturated heterocycles. The van der Waals surface area contributed by atoms with Gasteiger partial charge in [-0.3, -0.25) is 4.79 Å². The molecule has 2 heterocycles. The Kier molecular flexibility index (Phi) is 4.84. The van der Waals surface area contributed by atoms with Crippen molar-refractivity contribution in [2.45, 2.75) is 18.9 Å². The number of aliphatic carboxylic acids is 1. The third-order valence-electron chi connectivity index (χ3n) is 4.46. The van der Waals surface area contributed by atoms with Crippen molar-refractivity contribution < 1.29 is 28.6 Å². The van der Waals surface area contributed by atoms with Gasteiger partial charge in [0.2, 0.25) is 5.82 Å². The predicted octanol–water partition coefficient (Wildman–Crippen LogP) is 3.27. The Morgan fingerprint density at radius 3 is 2.96 bits per heavy atom. The van der Waals surface area contributed by atoms with Gasteiger partial charge < -0.3 is 23.8 Å². The van der Waals surface area contributed by atoms with E-state index in [2.05, 4.69) is 10.1 Å². The monoisotopic (exact) mass is 382 g/mol. The molecule has 2 aromatic carbocycles. The summed E-state index contributed by atoms with van der Waals surface area (Å²) in [4.78, 5) is 15.3. The third kappa shape index (κ3) is 3.62. The molecule has 144 valence electrons. The molecule has 28 heavy (non-hydrogen) atoms. The summed E-state index contributed by atoms with van der Waals surface area (Å²) in [5.41, 5.74) is 1.59. The number of methoxy groups -OCH3 is 1. The van der Waals surface area contributed by atoms with Gasteiger partial charge in [0, 0.05) is 17.5 Å². The second-order valence-corrected chi connectivity index (χ2v) is 6.31. The molecule has 1 aliphatic rings. The van der Waals surface area contributed by atoms with Gasteiger partial charge in [-0.2, -0.15) is 4.98 Å². The zero-order valence-corrected chi connectivity index (χ0v) is 15.1. The summed E-state index contributed by atoms with van der Waals surface area (Å²) in [5, 5.41) is 12.9. The number of hydrogen-bond acceptors (Lipinski definition) is 7. The van der Waals surface area contributed by atoms with E-state index in [-0.39, 0.29) is 18.9 Å². The summed E-state index contributed by atoms with van der Waals surface area (Å²) in [5.74, 6) is 1.64. The van der Waals surface area contributed by atoms with Gasteiger partial charge in [-0.25, -0.2) is 0 Å². The van der Waals surface area contributed by atoms with Crippen LogP contribution in [-0.4, -0.2) is 34.9 Å². The minimum atomic E-state index is -0.843. The van der Waals surface area contributed by atoms with Crippen molar-refractivity contribution >= 4 is 5.97 Å². The van der Waals surface area contributed by atoms with Crippen LogP contribution in [-0.2, 0) is 11.4 Å². The van der Waals surface area contributed by atoms with E-state index in [9.17, 15) is 4.79 Å². The van der Waals surface area contributed by atoms with Crippen molar-refractivity contribution in [3.8, 4) is 28.7 Å². The number of rotatable bonds is 7. The molecule has 4 rings (SSSR count). The molecule has 0 spiro atoms. The van der Waals surface area contributed by atoms with Crippen LogP contribution in [0.3, 0.4) is 0 Å². The summed E-state index contributed by atoms with van der Waals surface area (Å²) in [6, 6.07) is 12.7. The molecule has 0 aliphatic carbocycles. The van der Waals surface area contributed by atoms with Crippen LogP contribution in [0, 0.1) is 0 Å². The largest absolute Gasteiger partial charge is 0.496 e. The van der Waals surface area contributed by atoms with E-state index in [1.807, 2.05) is 30.3 Å². The first-order valence-corrected chi connectivity index (χ1v) is 8.71. The van der Waals surface area contributed by atoms with Gasteiger partial charge in [0.15, 0.2) is 6.61 Å². The van der Waals surface area contributed by atoms with Gasteiger partial charge >= 0.3 is 5.97 Å². The minimum Gasteiger partial charge on any atom is -0.496 e. The van der Waals surface area contributed by atoms with Crippen LogP contribution < -0.4 is 14.2 Å². The van der Waals surface area contributed by atoms with Gasteiger partial charge in [0.05, 0.1) is 25.7 Å². The number of carboxylic acid groups (broad SMARTS) is 1. The second-order valence-electron chi connectivity index (χ2n) is 6.31. The lowest BCUT2D eigenvalue weighted by atomic mass is 9.98. The molecule has 0 amide bonds. The van der Waals surface area contributed by atoms with Crippen molar-refractivity contribution in [3.05, 3.63) is 53.9 Å². The molecule has 0 bridgehead atoms. The first kappa shape index (κ1) is 17.8. The van der Waals surface area contributed by atoms with E-state index in [1.165, 1.54) is 0 Å². The molecule has 0 saturated carbocycles. The maximum Gasteiger partial charge on any atom is 0.304 e. The number of carboxylic acids is 1. The summed E-state index contributed by atoms with van der Waals surface area (Å²) < 4.78 is 21.9. The number of ether oxygens (including phenoxy) is 3. The topological polar surface area (TPSA) is 104 Å². The SMILES string of the molecule is COc1ccccc1-c1nc(COc2ccc3c(c2)OCC3CC(=O)O)no1. The van der Waals surface area contributed by atoms with Crippen LogP contribution in [0.2, 0.25) is 0 Å². The number of benzene rings is 2. The number of aromatic nitrogens is 2. The van der Waals surface area contributed by atoms with Gasteiger partial charge in [-0.1, -0.05) is 23.4 Å². The van der Waals surface area contributed by atoms with Gasteiger partial charge in [-0.05, 0) is 18.2 Å². The zero-order chi connectivity index (χ0) is 19.5. The van der Waals surface area contributed by atoms with Crippen molar-refractivity contribution in [2.24, 2.45) is 0 Å². The number of para-hydroxylation sites is 1. The molecule has 3 aromatic rings. The second kappa shape index (κ2) is 7.59. The lowest BCUT2D eigenvalue weighted by Crippen LogP contribution is -2.07. The molecule has 1 atom stereocenters. The highest BCUT2D eigenvalue weighted by Crippen LogP contribution is 2.38. The van der Waals surface area contributed by atoms with Crippen LogP contribution in [0.25, 0.3) is 11.5 Å². The lowest BCUT2D eigenvalue weighted by Gasteiger charge is -2.07. The smallest absolute Gasteiger partial charge is 0.304 e. The van der Waals surface area contributed by atoms with E-state index in [0.29, 0.717) is 41.1 Å². The molecule has 8 nitrogen and oxygen atoms in total. The highest BCUT2D eigenvalue weighted by molar-refractivity contribution is 5.69. The van der Waals surface area contributed by atoms with E-state index < -0.39 is 5.97 Å². The molecular formula is C20H18N2O6. The first-order valence-electron chi connectivity index (χ1n) is 8.71. The average Bonchev–Trinajstić information content (AvgIpc) is 3.33. The van der Waals surface area contributed by atoms with E-state index in [1.54, 1.807) is 19.2 Å². The molecule has 1 N–H and O–H groups in total. The fourth-order valence-electron chi connectivity index (χ4n) is 3.12. The van der Waals surface area contributed by atoms with Gasteiger partial charge in [-0.15, -0.1) is 0 Å². The standard InChI is InChI=1S/C20H18N2O6/c1-25-16-5-3-2-4-15(16)20-21-18(22-28-20)11-26-13-6-7-14-12(8-19(23)24)10-27-17(14)9-13/h2-7,9,12H,8,10-11H2,1H3,(H,23,24). The Balaban J connectivity index is 1.43. The van der Waals surface area contributed by atoms with E-state index in [4.69, 9.17) is 23.8 Å². The molecular weight excluding hydrogens is 364 g/mol. The summed E-state index contributed by atoms with van der Waals surface area (Å²) in [6.07, 6.45) is 0.0434. The number of fused-ring (bicyclic) bond motifs is 1. The molecule has 0 fully saturated rings. The number of carbonyl (C=O) groups is 1. The van der Waals surface area contributed by atoms with Crippen LogP contribution in [0.15, 0.2) is 47.0 Å². The van der Waals surface area contributed by atoms with Crippen LogP contribution in [0.1, 0.15) is 23.7 Å². The van der Waals surface area contributed by atoms with E-state index >= 15 is 0 Å². The Labute approximate surface area is 160 Å². The van der Waals surface area contributed by atoms with Gasteiger partial charge in [0.25, 0.3) is 5.89 Å². The number of nitrogens with zero attached hydrogens (tertiary/aromatic N) is 2. The number of hydrogen-bond donors (Lipinski definition) is 1. The van der Waals surface area contributed by atoms with Crippen molar-refractivity contribution in [1.82, 2.24) is 10.1 Å². The maximum absolute atomic E-state index is 10.9. The minimum absolute atomic E-state index is 0.0434. The van der Waals surface area contributed by atoms with Crippen LogP contribution in [0.5, 0.6) is 17.2 Å². The Morgan fingerprint density at radius 2 is 2.14 bits per heavy atom. The molecule has 1 aromatic heterocycles. The summed E-state index contributed by atoms with van der Waals surface area (Å²) in [7, 11) is 1.58. The van der Waals surface area contributed by atoms with Crippen LogP contribution in [0.4, 0.5) is 0 Å². The van der Waals surface area contributed by atoms with Crippen molar-refractivity contribution in [3.63, 3.8) is 0 Å². The molecule has 8 heteroatoms. The Bertz CT molecular complexity index is 1000. The fraction of sp³-hybridized carbons (Fsp3) is 0.250. The van der Waals surface area contributed by atoms with Crippen molar-refractivity contribution in [1.29, 1.82) is 0 Å². The van der Waals surface area contributed by atoms with Crippen molar-refractivity contribution in [2.75, 3.05) is 13.7 Å². The molecule has 1 unspecified atom stereocenters. The average molecular weight is 382 g/mol. The quantitative estimate of drug-likeness (QED) is 0.664. The van der Waals surface area contributed by atoms with Gasteiger partial charge in [0.1, 0.15) is 17.2 Å². The normalized spacial score (nSPS) is 15.0. The summed E-state index contributed by atoms with van der Waals surface area (Å²) >= 11 is 0. The third-order valence-corrected chi connectivity index (χ3v) is 4.46. The lowest BCUT2D eigenvalue weighted by molar-refractivity contribution is -0.137.